The molecule has 1 heterocycles. The van der Waals surface area contributed by atoms with Crippen molar-refractivity contribution in [3.63, 3.8) is 0 Å². The van der Waals surface area contributed by atoms with Crippen molar-refractivity contribution in [2.75, 3.05) is 13.1 Å². The van der Waals surface area contributed by atoms with Crippen LogP contribution in [0.4, 0.5) is 4.79 Å². The van der Waals surface area contributed by atoms with E-state index in [9.17, 15) is 14.4 Å². The normalized spacial score (nSPS) is 20.8. The average Bonchev–Trinajstić information content (AvgIpc) is 2.13. The maximum absolute atomic E-state index is 11.7. The number of ether oxygens (including phenoxy) is 1. The fourth-order valence-electron chi connectivity index (χ4n) is 1.35. The standard InChI is InChI=1S/C10H16N2O5/c1-10(2,3)17-9(16)12-4-6(8(14)15)11-7(13)5-12/h6H,4-5H2,1-3H3,(H,11,13)(H,14,15)/t6-/m1/s1. The minimum Gasteiger partial charge on any atom is -0.480 e. The van der Waals surface area contributed by atoms with Gasteiger partial charge in [0.15, 0.2) is 0 Å². The summed E-state index contributed by atoms with van der Waals surface area (Å²) in [5, 5.41) is 11.1. The van der Waals surface area contributed by atoms with Crippen LogP contribution in [0.3, 0.4) is 0 Å². The highest BCUT2D eigenvalue weighted by Gasteiger charge is 2.34. The van der Waals surface area contributed by atoms with E-state index < -0.39 is 29.6 Å². The third-order valence-corrected chi connectivity index (χ3v) is 2.02. The molecular formula is C10H16N2O5. The van der Waals surface area contributed by atoms with Gasteiger partial charge in [0, 0.05) is 0 Å². The molecule has 96 valence electrons. The highest BCUT2D eigenvalue weighted by molar-refractivity contribution is 5.89. The monoisotopic (exact) mass is 244 g/mol. The topological polar surface area (TPSA) is 95.9 Å². The summed E-state index contributed by atoms with van der Waals surface area (Å²) in [5.74, 6) is -1.68. The summed E-state index contributed by atoms with van der Waals surface area (Å²) in [7, 11) is 0. The van der Waals surface area contributed by atoms with E-state index in [1.165, 1.54) is 0 Å². The van der Waals surface area contributed by atoms with Crippen molar-refractivity contribution in [3.8, 4) is 0 Å². The lowest BCUT2D eigenvalue weighted by Gasteiger charge is -2.32. The van der Waals surface area contributed by atoms with E-state index >= 15 is 0 Å². The first kappa shape index (κ1) is 13.3. The van der Waals surface area contributed by atoms with Crippen molar-refractivity contribution in [2.45, 2.75) is 32.4 Å². The molecule has 1 aliphatic rings. The van der Waals surface area contributed by atoms with Gasteiger partial charge in [-0.15, -0.1) is 0 Å². The average molecular weight is 244 g/mol. The molecule has 17 heavy (non-hydrogen) atoms. The van der Waals surface area contributed by atoms with Gasteiger partial charge >= 0.3 is 12.1 Å². The molecule has 1 saturated heterocycles. The molecule has 7 heteroatoms. The van der Waals surface area contributed by atoms with Crippen LogP contribution in [0.1, 0.15) is 20.8 Å². The Morgan fingerprint density at radius 1 is 1.47 bits per heavy atom. The third kappa shape index (κ3) is 3.93. The second kappa shape index (κ2) is 4.60. The number of nitrogens with one attached hydrogen (secondary N) is 1. The van der Waals surface area contributed by atoms with Gasteiger partial charge in [0.1, 0.15) is 18.2 Å². The maximum Gasteiger partial charge on any atom is 0.410 e. The zero-order valence-electron chi connectivity index (χ0n) is 10.0. The summed E-state index contributed by atoms with van der Waals surface area (Å²) >= 11 is 0. The predicted molar refractivity (Wildman–Crippen MR) is 57.4 cm³/mol. The molecule has 0 saturated carbocycles. The molecule has 1 rings (SSSR count). The number of hydrogen-bond donors (Lipinski definition) is 2. The van der Waals surface area contributed by atoms with Crippen LogP contribution >= 0.6 is 0 Å². The Labute approximate surface area is 98.7 Å². The number of aliphatic carboxylic acids is 1. The van der Waals surface area contributed by atoms with Crippen LogP contribution in [0.5, 0.6) is 0 Å². The van der Waals surface area contributed by atoms with Crippen molar-refractivity contribution in [1.29, 1.82) is 0 Å². The molecule has 2 N–H and O–H groups in total. The lowest BCUT2D eigenvalue weighted by atomic mass is 10.2. The van der Waals surface area contributed by atoms with Gasteiger partial charge in [0.05, 0.1) is 6.54 Å². The molecule has 0 aromatic heterocycles. The molecule has 0 bridgehead atoms. The Kier molecular flexibility index (Phi) is 3.59. The van der Waals surface area contributed by atoms with E-state index in [1.807, 2.05) is 0 Å². The Morgan fingerprint density at radius 2 is 2.06 bits per heavy atom. The van der Waals surface area contributed by atoms with Crippen molar-refractivity contribution < 1.29 is 24.2 Å². The minimum atomic E-state index is -1.17. The molecule has 0 unspecified atom stereocenters. The van der Waals surface area contributed by atoms with Crippen molar-refractivity contribution in [3.05, 3.63) is 0 Å². The molecule has 1 fully saturated rings. The van der Waals surface area contributed by atoms with Gasteiger partial charge in [0.25, 0.3) is 0 Å². The van der Waals surface area contributed by atoms with Gasteiger partial charge in [0.2, 0.25) is 5.91 Å². The van der Waals surface area contributed by atoms with Crippen LogP contribution in [0.25, 0.3) is 0 Å². The van der Waals surface area contributed by atoms with Gasteiger partial charge in [-0.25, -0.2) is 9.59 Å². The fourth-order valence-corrected chi connectivity index (χ4v) is 1.35. The van der Waals surface area contributed by atoms with E-state index in [-0.39, 0.29) is 13.1 Å². The van der Waals surface area contributed by atoms with E-state index in [1.54, 1.807) is 20.8 Å². The van der Waals surface area contributed by atoms with Crippen LogP contribution in [0.15, 0.2) is 0 Å². The van der Waals surface area contributed by atoms with Crippen molar-refractivity contribution >= 4 is 18.0 Å². The second-order valence-electron chi connectivity index (χ2n) is 4.82. The number of hydrogen-bond acceptors (Lipinski definition) is 4. The van der Waals surface area contributed by atoms with Gasteiger partial charge in [-0.1, -0.05) is 0 Å². The SMILES string of the molecule is CC(C)(C)OC(=O)N1CC(=O)N[C@@H](C(=O)O)C1. The molecule has 7 nitrogen and oxygen atoms in total. The number of carbonyl (C=O) groups excluding carboxylic acids is 2. The molecule has 1 aliphatic heterocycles. The molecule has 0 spiro atoms. The Morgan fingerprint density at radius 3 is 2.53 bits per heavy atom. The van der Waals surface area contributed by atoms with Gasteiger partial charge < -0.3 is 15.2 Å². The zero-order chi connectivity index (χ0) is 13.2. The van der Waals surface area contributed by atoms with E-state index in [4.69, 9.17) is 9.84 Å². The second-order valence-corrected chi connectivity index (χ2v) is 4.82. The van der Waals surface area contributed by atoms with Gasteiger partial charge in [-0.05, 0) is 20.8 Å². The molecule has 1 atom stereocenters. The summed E-state index contributed by atoms with van der Waals surface area (Å²) in [4.78, 5) is 34.7. The summed E-state index contributed by atoms with van der Waals surface area (Å²) in [5.41, 5.74) is -0.677. The van der Waals surface area contributed by atoms with Crippen LogP contribution < -0.4 is 5.32 Å². The summed E-state index contributed by atoms with van der Waals surface area (Å²) in [6.45, 7) is 4.82. The zero-order valence-corrected chi connectivity index (χ0v) is 10.0. The van der Waals surface area contributed by atoms with E-state index in [0.29, 0.717) is 0 Å². The van der Waals surface area contributed by atoms with Crippen LogP contribution in [0.2, 0.25) is 0 Å². The molecule has 0 radical (unpaired) electrons. The van der Waals surface area contributed by atoms with Crippen LogP contribution in [-0.2, 0) is 14.3 Å². The van der Waals surface area contributed by atoms with Crippen molar-refractivity contribution in [2.24, 2.45) is 0 Å². The third-order valence-electron chi connectivity index (χ3n) is 2.02. The Bertz CT molecular complexity index is 347. The first-order chi connectivity index (χ1) is 7.69. The molecular weight excluding hydrogens is 228 g/mol. The van der Waals surface area contributed by atoms with Crippen molar-refractivity contribution in [1.82, 2.24) is 10.2 Å². The number of rotatable bonds is 1. The van der Waals surface area contributed by atoms with Gasteiger partial charge in [-0.3, -0.25) is 9.69 Å². The number of carboxylic acids is 1. The summed E-state index contributed by atoms with van der Waals surface area (Å²) < 4.78 is 5.07. The highest BCUT2D eigenvalue weighted by Crippen LogP contribution is 2.11. The van der Waals surface area contributed by atoms with Gasteiger partial charge in [-0.2, -0.15) is 0 Å². The van der Waals surface area contributed by atoms with E-state index in [0.717, 1.165) is 4.90 Å². The lowest BCUT2D eigenvalue weighted by Crippen LogP contribution is -2.59. The first-order valence-electron chi connectivity index (χ1n) is 5.19. The number of piperazine rings is 1. The molecule has 0 aliphatic carbocycles. The fraction of sp³-hybridized carbons (Fsp3) is 0.700. The molecule has 0 aromatic carbocycles. The largest absolute Gasteiger partial charge is 0.480 e. The Hall–Kier alpha value is -1.79. The summed E-state index contributed by atoms with van der Waals surface area (Å²) in [6.07, 6.45) is -0.682. The number of carbonyl (C=O) groups is 3. The quantitative estimate of drug-likeness (QED) is 0.666. The Balaban J connectivity index is 2.67. The number of amides is 2. The predicted octanol–water partition coefficient (Wildman–Crippen LogP) is -0.194. The molecule has 0 aromatic rings. The first-order valence-corrected chi connectivity index (χ1v) is 5.19. The number of carboxylic acid groups (broad SMARTS) is 1. The number of nitrogens with zero attached hydrogens (tertiary/aromatic N) is 1. The van der Waals surface area contributed by atoms with Crippen LogP contribution in [-0.4, -0.2) is 52.7 Å². The van der Waals surface area contributed by atoms with Crippen LogP contribution in [0, 0.1) is 0 Å². The summed E-state index contributed by atoms with van der Waals surface area (Å²) in [6, 6.07) is -1.08. The molecule has 2 amide bonds. The smallest absolute Gasteiger partial charge is 0.410 e. The lowest BCUT2D eigenvalue weighted by molar-refractivity contribution is -0.144. The van der Waals surface area contributed by atoms with E-state index in [2.05, 4.69) is 5.32 Å². The highest BCUT2D eigenvalue weighted by atomic mass is 16.6. The maximum atomic E-state index is 11.7. The minimum absolute atomic E-state index is 0.0873.